The summed E-state index contributed by atoms with van der Waals surface area (Å²) in [5.41, 5.74) is 2.75. The Morgan fingerprint density at radius 3 is 1.37 bits per heavy atom. The van der Waals surface area contributed by atoms with Gasteiger partial charge in [0.2, 0.25) is 0 Å². The monoisotopic (exact) mass is 566 g/mol. The van der Waals surface area contributed by atoms with E-state index in [1.165, 1.54) is 43.7 Å². The summed E-state index contributed by atoms with van der Waals surface area (Å²) in [5.74, 6) is 1.38. The second kappa shape index (κ2) is 13.3. The van der Waals surface area contributed by atoms with Crippen molar-refractivity contribution in [2.75, 3.05) is 14.1 Å². The van der Waals surface area contributed by atoms with E-state index in [1.54, 1.807) is 0 Å². The van der Waals surface area contributed by atoms with E-state index in [1.807, 2.05) is 0 Å². The zero-order valence-corrected chi connectivity index (χ0v) is 25.3. The maximum Gasteiger partial charge on any atom is 0.0417 e. The molecule has 5 aromatic rings. The molecule has 1 atom stereocenters. The Morgan fingerprint density at radius 1 is 0.463 bits per heavy atom. The van der Waals surface area contributed by atoms with E-state index >= 15 is 0 Å². The minimum absolute atomic E-state index is 0.140. The fourth-order valence-corrected chi connectivity index (χ4v) is 10.5. The molecule has 0 unspecified atom stereocenters. The third kappa shape index (κ3) is 6.24. The molecule has 6 rings (SSSR count). The van der Waals surface area contributed by atoms with Gasteiger partial charge in [-0.25, -0.2) is 0 Å². The number of hydrogen-bond donors (Lipinski definition) is 0. The predicted molar refractivity (Wildman–Crippen MR) is 180 cm³/mol. The van der Waals surface area contributed by atoms with Gasteiger partial charge in [0.05, 0.1) is 0 Å². The molecular weight excluding hydrogens is 532 g/mol. The van der Waals surface area contributed by atoms with Crippen molar-refractivity contribution in [2.24, 2.45) is 0 Å². The van der Waals surface area contributed by atoms with E-state index in [2.05, 4.69) is 184 Å². The van der Waals surface area contributed by atoms with Crippen molar-refractivity contribution in [3.8, 4) is 0 Å². The van der Waals surface area contributed by atoms with E-state index in [0.717, 1.165) is 0 Å². The van der Waals surface area contributed by atoms with E-state index in [0.29, 0.717) is 0 Å². The Hall–Kier alpha value is -3.08. The van der Waals surface area contributed by atoms with E-state index in [-0.39, 0.29) is 6.04 Å². The molecule has 0 aromatic heterocycles. The van der Waals surface area contributed by atoms with Crippen LogP contribution in [-0.4, -0.2) is 19.0 Å². The first-order valence-electron chi connectivity index (χ1n) is 14.0. The van der Waals surface area contributed by atoms with E-state index in [9.17, 15) is 0 Å². The number of benzene rings is 5. The Balaban J connectivity index is 1.41. The van der Waals surface area contributed by atoms with Gasteiger partial charge < -0.3 is 4.90 Å². The number of hydrogen-bond acceptors (Lipinski definition) is 1. The van der Waals surface area contributed by atoms with Gasteiger partial charge in [0.15, 0.2) is 0 Å². The van der Waals surface area contributed by atoms with Crippen molar-refractivity contribution in [3.05, 3.63) is 182 Å². The molecule has 1 fully saturated rings. The summed E-state index contributed by atoms with van der Waals surface area (Å²) in [6, 6.07) is 53.4. The summed E-state index contributed by atoms with van der Waals surface area (Å²) < 4.78 is 0. The highest BCUT2D eigenvalue weighted by molar-refractivity contribution is 7.79. The van der Waals surface area contributed by atoms with E-state index in [4.69, 9.17) is 0 Å². The molecule has 3 heteroatoms. The average Bonchev–Trinajstić information content (AvgIpc) is 3.48. The lowest BCUT2D eigenvalue weighted by molar-refractivity contribution is 0.319. The minimum atomic E-state index is -0.692. The molecule has 0 spiro atoms. The topological polar surface area (TPSA) is 3.24 Å². The lowest BCUT2D eigenvalue weighted by atomic mass is 9.90. The quantitative estimate of drug-likeness (QED) is 0.175. The zero-order valence-electron chi connectivity index (χ0n) is 23.5. The molecule has 41 heavy (non-hydrogen) atoms. The third-order valence-corrected chi connectivity index (χ3v) is 12.3. The fourth-order valence-electron chi connectivity index (χ4n) is 5.63. The van der Waals surface area contributed by atoms with Gasteiger partial charge in [-0.1, -0.05) is 140 Å². The van der Waals surface area contributed by atoms with Gasteiger partial charge in [0, 0.05) is 17.6 Å². The molecular formula is C38H34NP2. The molecule has 201 valence electrons. The summed E-state index contributed by atoms with van der Waals surface area (Å²) in [6.07, 6.45) is 6.93. The summed E-state index contributed by atoms with van der Waals surface area (Å²) in [5, 5.41) is 6.88. The first-order chi connectivity index (χ1) is 20.2. The molecule has 5 aromatic carbocycles. The highest BCUT2D eigenvalue weighted by Crippen LogP contribution is 2.59. The number of rotatable bonds is 9. The van der Waals surface area contributed by atoms with Crippen LogP contribution < -0.4 is 26.5 Å². The maximum absolute atomic E-state index is 2.46. The summed E-state index contributed by atoms with van der Waals surface area (Å²) in [7, 11) is 3.05. The van der Waals surface area contributed by atoms with Crippen LogP contribution in [0.5, 0.6) is 0 Å². The molecule has 1 aliphatic rings. The Morgan fingerprint density at radius 2 is 0.902 bits per heavy atom. The summed E-state index contributed by atoms with van der Waals surface area (Å²) in [6.45, 7) is 0. The standard InChI is InChI=1S/C38H34NP2/c1-39(2)38(36-27-16-28-37(36)41(33-22-11-5-12-23-33)34-24-13-6-14-25-34)30-17-15-26-35(29-30)40(31-18-7-3-8-19-31)32-20-9-4-10-21-32/h3-29,38H,1-2H3/t38-/m1/s1. The van der Waals surface area contributed by atoms with Gasteiger partial charge >= 0.3 is 0 Å². The van der Waals surface area contributed by atoms with Gasteiger partial charge in [0.25, 0.3) is 0 Å². The predicted octanol–water partition coefficient (Wildman–Crippen LogP) is 6.91. The second-order valence-electron chi connectivity index (χ2n) is 10.3. The zero-order chi connectivity index (χ0) is 28.0. The molecule has 1 aliphatic carbocycles. The smallest absolute Gasteiger partial charge is 0.0417 e. The van der Waals surface area contributed by atoms with Crippen LogP contribution in [0.25, 0.3) is 0 Å². The lowest BCUT2D eigenvalue weighted by Gasteiger charge is -2.37. The van der Waals surface area contributed by atoms with Crippen LogP contribution in [0, 0.1) is 30.8 Å². The molecule has 1 nitrogen and oxygen atoms in total. The summed E-state index contributed by atoms with van der Waals surface area (Å²) >= 11 is 0. The number of nitrogens with zero attached hydrogens (tertiary/aromatic N) is 1. The third-order valence-electron chi connectivity index (χ3n) is 7.38. The molecule has 0 heterocycles. The molecule has 5 radical (unpaired) electrons. The van der Waals surface area contributed by atoms with Crippen molar-refractivity contribution in [2.45, 2.75) is 6.04 Å². The van der Waals surface area contributed by atoms with Gasteiger partial charge in [-0.2, -0.15) is 0 Å². The molecule has 0 bridgehead atoms. The molecule has 0 N–H and O–H groups in total. The maximum atomic E-state index is 2.46. The first-order valence-corrected chi connectivity index (χ1v) is 16.7. The van der Waals surface area contributed by atoms with Gasteiger partial charge in [-0.15, -0.1) is 0 Å². The van der Waals surface area contributed by atoms with Crippen LogP contribution in [-0.2, 0) is 0 Å². The van der Waals surface area contributed by atoms with Crippen LogP contribution in [0.2, 0.25) is 0 Å². The van der Waals surface area contributed by atoms with Crippen LogP contribution in [0.3, 0.4) is 0 Å². The second-order valence-corrected chi connectivity index (χ2v) is 14.7. The van der Waals surface area contributed by atoms with Crippen molar-refractivity contribution < 1.29 is 0 Å². The fraction of sp³-hybridized carbons (Fsp3) is 0.0789. The van der Waals surface area contributed by atoms with Gasteiger partial charge in [0.1, 0.15) is 0 Å². The Kier molecular flexibility index (Phi) is 9.08. The largest absolute Gasteiger partial charge is 0.302 e. The van der Waals surface area contributed by atoms with Crippen molar-refractivity contribution >= 4 is 42.4 Å². The van der Waals surface area contributed by atoms with Crippen molar-refractivity contribution in [1.29, 1.82) is 0 Å². The Bertz CT molecular complexity index is 1430. The van der Waals surface area contributed by atoms with Crippen molar-refractivity contribution in [1.82, 2.24) is 4.90 Å². The molecule has 0 aliphatic heterocycles. The SMILES string of the molecule is CN(C)[C@@H]([C]1[CH][CH][CH][C]1P(c1ccccc1)c1ccccc1)c1cccc(P(c2ccccc2)c2ccccc2)c1. The van der Waals surface area contributed by atoms with Gasteiger partial charge in [-0.05, 0) is 87.4 Å². The van der Waals surface area contributed by atoms with Gasteiger partial charge in [-0.3, -0.25) is 0 Å². The van der Waals surface area contributed by atoms with Crippen molar-refractivity contribution in [3.63, 3.8) is 0 Å². The van der Waals surface area contributed by atoms with E-state index < -0.39 is 15.8 Å². The minimum Gasteiger partial charge on any atom is -0.302 e. The summed E-state index contributed by atoms with van der Waals surface area (Å²) in [4.78, 5) is 2.37. The molecule has 0 saturated heterocycles. The first kappa shape index (κ1) is 28.1. The highest BCUT2D eigenvalue weighted by atomic mass is 31.1. The van der Waals surface area contributed by atoms with Crippen LogP contribution in [0.15, 0.2) is 146 Å². The lowest BCUT2D eigenvalue weighted by Crippen LogP contribution is -2.30. The molecule has 0 amide bonds. The highest BCUT2D eigenvalue weighted by Gasteiger charge is 2.42. The van der Waals surface area contributed by atoms with Crippen LogP contribution in [0.4, 0.5) is 0 Å². The van der Waals surface area contributed by atoms with Crippen LogP contribution >= 0.6 is 15.8 Å². The van der Waals surface area contributed by atoms with Crippen LogP contribution in [0.1, 0.15) is 11.6 Å². The normalized spacial score (nSPS) is 15.1. The average molecular weight is 567 g/mol. The Labute approximate surface area is 248 Å². The molecule has 1 saturated carbocycles.